The van der Waals surface area contributed by atoms with Crippen molar-refractivity contribution in [3.8, 4) is 6.07 Å². The minimum atomic E-state index is 0.582. The summed E-state index contributed by atoms with van der Waals surface area (Å²) in [5, 5.41) is 12.6. The van der Waals surface area contributed by atoms with Gasteiger partial charge in [-0.25, -0.2) is 0 Å². The smallest absolute Gasteiger partial charge is 0.0992 e. The number of nitrogens with one attached hydrogen (secondary N) is 1. The summed E-state index contributed by atoms with van der Waals surface area (Å²) in [5.41, 5.74) is 2.61. The standard InChI is InChI=1S/C14H11ClN2/c15-14-8-11(9-16)6-7-12(14)10-17-13-4-2-1-3-5-13/h1-8,17H,10H2. The second-order valence-corrected chi connectivity index (χ2v) is 4.04. The molecule has 84 valence electrons. The van der Waals surface area contributed by atoms with E-state index in [2.05, 4.69) is 11.4 Å². The van der Waals surface area contributed by atoms with Crippen molar-refractivity contribution in [2.45, 2.75) is 6.54 Å². The maximum Gasteiger partial charge on any atom is 0.0992 e. The molecule has 0 saturated heterocycles. The molecule has 2 rings (SSSR count). The van der Waals surface area contributed by atoms with E-state index < -0.39 is 0 Å². The van der Waals surface area contributed by atoms with Crippen molar-refractivity contribution in [3.05, 3.63) is 64.7 Å². The molecule has 0 aliphatic heterocycles. The monoisotopic (exact) mass is 242 g/mol. The Kier molecular flexibility index (Phi) is 3.64. The van der Waals surface area contributed by atoms with Crippen LogP contribution in [0.4, 0.5) is 5.69 Å². The SMILES string of the molecule is N#Cc1ccc(CNc2ccccc2)c(Cl)c1. The van der Waals surface area contributed by atoms with E-state index >= 15 is 0 Å². The lowest BCUT2D eigenvalue weighted by atomic mass is 10.1. The van der Waals surface area contributed by atoms with E-state index in [1.807, 2.05) is 36.4 Å². The van der Waals surface area contributed by atoms with Crippen LogP contribution in [-0.2, 0) is 6.54 Å². The van der Waals surface area contributed by atoms with Crippen LogP contribution < -0.4 is 5.32 Å². The zero-order valence-electron chi connectivity index (χ0n) is 9.15. The van der Waals surface area contributed by atoms with Gasteiger partial charge in [-0.3, -0.25) is 0 Å². The second-order valence-electron chi connectivity index (χ2n) is 3.64. The fourth-order valence-electron chi connectivity index (χ4n) is 1.51. The van der Waals surface area contributed by atoms with Crippen LogP contribution >= 0.6 is 11.6 Å². The van der Waals surface area contributed by atoms with Crippen LogP contribution in [0.2, 0.25) is 5.02 Å². The van der Waals surface area contributed by atoms with E-state index in [9.17, 15) is 0 Å². The van der Waals surface area contributed by atoms with E-state index in [4.69, 9.17) is 16.9 Å². The third-order valence-corrected chi connectivity index (χ3v) is 2.79. The van der Waals surface area contributed by atoms with Gasteiger partial charge in [0.15, 0.2) is 0 Å². The van der Waals surface area contributed by atoms with Gasteiger partial charge in [0.05, 0.1) is 11.6 Å². The van der Waals surface area contributed by atoms with Crippen LogP contribution in [0.15, 0.2) is 48.5 Å². The van der Waals surface area contributed by atoms with Gasteiger partial charge in [-0.1, -0.05) is 35.9 Å². The molecule has 0 heterocycles. The summed E-state index contributed by atoms with van der Waals surface area (Å²) in [6.45, 7) is 0.647. The van der Waals surface area contributed by atoms with Gasteiger partial charge in [0, 0.05) is 17.3 Å². The quantitative estimate of drug-likeness (QED) is 0.888. The molecular weight excluding hydrogens is 232 g/mol. The van der Waals surface area contributed by atoms with E-state index in [1.165, 1.54) is 0 Å². The first-order valence-corrected chi connectivity index (χ1v) is 5.65. The Hall–Kier alpha value is -1.98. The first kappa shape index (κ1) is 11.5. The Morgan fingerprint density at radius 1 is 1.12 bits per heavy atom. The Labute approximate surface area is 105 Å². The van der Waals surface area contributed by atoms with Crippen molar-refractivity contribution in [2.75, 3.05) is 5.32 Å². The molecule has 0 radical (unpaired) electrons. The molecule has 0 atom stereocenters. The third kappa shape index (κ3) is 2.99. The number of rotatable bonds is 3. The molecule has 0 aliphatic rings. The zero-order chi connectivity index (χ0) is 12.1. The van der Waals surface area contributed by atoms with E-state index in [1.54, 1.807) is 12.1 Å². The van der Waals surface area contributed by atoms with Gasteiger partial charge in [0.25, 0.3) is 0 Å². The highest BCUT2D eigenvalue weighted by Gasteiger charge is 2.01. The number of nitrogens with zero attached hydrogens (tertiary/aromatic N) is 1. The van der Waals surface area contributed by atoms with Crippen molar-refractivity contribution < 1.29 is 0 Å². The van der Waals surface area contributed by atoms with Gasteiger partial charge in [0.2, 0.25) is 0 Å². The molecule has 17 heavy (non-hydrogen) atoms. The van der Waals surface area contributed by atoms with Gasteiger partial charge in [-0.15, -0.1) is 0 Å². The van der Waals surface area contributed by atoms with Gasteiger partial charge in [0.1, 0.15) is 0 Å². The molecule has 0 aromatic heterocycles. The van der Waals surface area contributed by atoms with Crippen LogP contribution in [-0.4, -0.2) is 0 Å². The van der Waals surface area contributed by atoms with Crippen LogP contribution in [0, 0.1) is 11.3 Å². The number of nitriles is 1. The van der Waals surface area contributed by atoms with Crippen LogP contribution in [0.25, 0.3) is 0 Å². The number of benzene rings is 2. The summed E-state index contributed by atoms with van der Waals surface area (Å²) < 4.78 is 0. The molecule has 0 saturated carbocycles. The molecule has 3 heteroatoms. The maximum absolute atomic E-state index is 8.74. The first-order chi connectivity index (χ1) is 8.29. The lowest BCUT2D eigenvalue weighted by Gasteiger charge is -2.08. The number of para-hydroxylation sites is 1. The molecule has 0 fully saturated rings. The van der Waals surface area contributed by atoms with Gasteiger partial charge >= 0.3 is 0 Å². The summed E-state index contributed by atoms with van der Waals surface area (Å²) in [7, 11) is 0. The summed E-state index contributed by atoms with van der Waals surface area (Å²) in [6, 6.07) is 17.3. The fourth-order valence-corrected chi connectivity index (χ4v) is 1.76. The lowest BCUT2D eigenvalue weighted by molar-refractivity contribution is 1.15. The first-order valence-electron chi connectivity index (χ1n) is 5.27. The molecule has 0 unspecified atom stereocenters. The highest BCUT2D eigenvalue weighted by molar-refractivity contribution is 6.31. The molecular formula is C14H11ClN2. The fraction of sp³-hybridized carbons (Fsp3) is 0.0714. The molecule has 2 nitrogen and oxygen atoms in total. The minimum Gasteiger partial charge on any atom is -0.381 e. The highest BCUT2D eigenvalue weighted by atomic mass is 35.5. The zero-order valence-corrected chi connectivity index (χ0v) is 9.91. The predicted octanol–water partition coefficient (Wildman–Crippen LogP) is 3.82. The molecule has 1 N–H and O–H groups in total. The number of halogens is 1. The summed E-state index contributed by atoms with van der Waals surface area (Å²) in [5.74, 6) is 0. The van der Waals surface area contributed by atoms with E-state index in [0.717, 1.165) is 11.3 Å². The van der Waals surface area contributed by atoms with E-state index in [0.29, 0.717) is 17.1 Å². The minimum absolute atomic E-state index is 0.582. The predicted molar refractivity (Wildman–Crippen MR) is 69.9 cm³/mol. The van der Waals surface area contributed by atoms with Crippen LogP contribution in [0.1, 0.15) is 11.1 Å². The van der Waals surface area contributed by atoms with Crippen LogP contribution in [0.5, 0.6) is 0 Å². The summed E-state index contributed by atoms with van der Waals surface area (Å²) >= 11 is 6.08. The van der Waals surface area contributed by atoms with Crippen molar-refractivity contribution in [1.82, 2.24) is 0 Å². The number of hydrogen-bond acceptors (Lipinski definition) is 2. The normalized spacial score (nSPS) is 9.65. The largest absolute Gasteiger partial charge is 0.381 e. The number of hydrogen-bond donors (Lipinski definition) is 1. The second kappa shape index (κ2) is 5.38. The Morgan fingerprint density at radius 3 is 2.53 bits per heavy atom. The average molecular weight is 243 g/mol. The topological polar surface area (TPSA) is 35.8 Å². The van der Waals surface area contributed by atoms with Crippen molar-refractivity contribution in [2.24, 2.45) is 0 Å². The summed E-state index contributed by atoms with van der Waals surface area (Å²) in [4.78, 5) is 0. The summed E-state index contributed by atoms with van der Waals surface area (Å²) in [6.07, 6.45) is 0. The average Bonchev–Trinajstić information content (AvgIpc) is 2.38. The van der Waals surface area contributed by atoms with Gasteiger partial charge in [-0.05, 0) is 29.8 Å². The number of anilines is 1. The molecule has 2 aromatic rings. The van der Waals surface area contributed by atoms with Gasteiger partial charge < -0.3 is 5.32 Å². The van der Waals surface area contributed by atoms with Gasteiger partial charge in [-0.2, -0.15) is 5.26 Å². The molecule has 0 spiro atoms. The van der Waals surface area contributed by atoms with E-state index in [-0.39, 0.29) is 0 Å². The van der Waals surface area contributed by atoms with Crippen molar-refractivity contribution in [1.29, 1.82) is 5.26 Å². The highest BCUT2D eigenvalue weighted by Crippen LogP contribution is 2.19. The Balaban J connectivity index is 2.08. The van der Waals surface area contributed by atoms with Crippen molar-refractivity contribution >= 4 is 17.3 Å². The third-order valence-electron chi connectivity index (χ3n) is 2.44. The Bertz CT molecular complexity index is 544. The molecule has 0 amide bonds. The van der Waals surface area contributed by atoms with Crippen LogP contribution in [0.3, 0.4) is 0 Å². The Morgan fingerprint density at radius 2 is 1.88 bits per heavy atom. The molecule has 0 aliphatic carbocycles. The lowest BCUT2D eigenvalue weighted by Crippen LogP contribution is -1.99. The molecule has 2 aromatic carbocycles. The molecule has 0 bridgehead atoms. The maximum atomic E-state index is 8.74. The van der Waals surface area contributed by atoms with Crippen molar-refractivity contribution in [3.63, 3.8) is 0 Å².